The van der Waals surface area contributed by atoms with Gasteiger partial charge in [-0.25, -0.2) is 0 Å². The third-order valence-corrected chi connectivity index (χ3v) is 5.27. The summed E-state index contributed by atoms with van der Waals surface area (Å²) in [4.78, 5) is 11.6. The van der Waals surface area contributed by atoms with E-state index in [2.05, 4.69) is 13.2 Å². The number of benzene rings is 1. The fourth-order valence-electron chi connectivity index (χ4n) is 3.96. The summed E-state index contributed by atoms with van der Waals surface area (Å²) in [5.41, 5.74) is 1.05. The summed E-state index contributed by atoms with van der Waals surface area (Å²) in [6.07, 6.45) is 3.55. The molecule has 1 aromatic carbocycles. The fraction of sp³-hybridized carbons (Fsp3) is 0.526. The van der Waals surface area contributed by atoms with Gasteiger partial charge in [-0.1, -0.05) is 12.1 Å². The molecule has 0 saturated heterocycles. The van der Waals surface area contributed by atoms with E-state index in [0.29, 0.717) is 25.2 Å². The largest absolute Gasteiger partial charge is 0.494 e. The quantitative estimate of drug-likeness (QED) is 0.846. The third-order valence-electron chi connectivity index (χ3n) is 5.27. The van der Waals surface area contributed by atoms with E-state index in [1.54, 1.807) is 0 Å². The topological polar surface area (TPSA) is 46.5 Å². The molecule has 1 aromatic rings. The van der Waals surface area contributed by atoms with E-state index in [4.69, 9.17) is 4.74 Å². The number of hydrogen-bond acceptors (Lipinski definition) is 3. The van der Waals surface area contributed by atoms with Crippen molar-refractivity contribution in [3.8, 4) is 5.75 Å². The molecule has 3 rings (SSSR count). The maximum absolute atomic E-state index is 11.6. The van der Waals surface area contributed by atoms with Gasteiger partial charge in [0.05, 0.1) is 12.2 Å². The van der Waals surface area contributed by atoms with Crippen LogP contribution >= 0.6 is 0 Å². The minimum absolute atomic E-state index is 0.198. The molecule has 0 radical (unpaired) electrons. The van der Waals surface area contributed by atoms with E-state index in [9.17, 15) is 9.90 Å². The highest BCUT2D eigenvalue weighted by atomic mass is 16.5. The van der Waals surface area contributed by atoms with Crippen LogP contribution in [-0.2, 0) is 16.8 Å². The van der Waals surface area contributed by atoms with Crippen molar-refractivity contribution in [2.45, 2.75) is 51.6 Å². The zero-order valence-electron chi connectivity index (χ0n) is 13.7. The molecule has 22 heavy (non-hydrogen) atoms. The Morgan fingerprint density at radius 3 is 2.50 bits per heavy atom. The second kappa shape index (κ2) is 6.25. The zero-order chi connectivity index (χ0) is 16.4. The molecule has 1 fully saturated rings. The number of ketones is 1. The maximum atomic E-state index is 11.6. The van der Waals surface area contributed by atoms with Crippen molar-refractivity contribution in [2.75, 3.05) is 6.61 Å². The SMILES string of the molecule is C=C.CCOc1cccc2c1CC1(CCC(=O)CC1)C2(C)O. The second-order valence-corrected chi connectivity index (χ2v) is 6.28. The van der Waals surface area contributed by atoms with Gasteiger partial charge in [0.25, 0.3) is 0 Å². The second-order valence-electron chi connectivity index (χ2n) is 6.28. The Morgan fingerprint density at radius 1 is 1.27 bits per heavy atom. The monoisotopic (exact) mass is 302 g/mol. The van der Waals surface area contributed by atoms with Gasteiger partial charge in [0.1, 0.15) is 11.5 Å². The van der Waals surface area contributed by atoms with Crippen LogP contribution in [0.2, 0.25) is 0 Å². The number of aliphatic hydroxyl groups is 1. The van der Waals surface area contributed by atoms with Crippen molar-refractivity contribution in [3.63, 3.8) is 0 Å². The lowest BCUT2D eigenvalue weighted by atomic mass is 9.64. The molecular formula is C19H26O3. The first-order valence-corrected chi connectivity index (χ1v) is 7.99. The molecule has 0 aromatic heterocycles. The number of hydrogen-bond donors (Lipinski definition) is 1. The van der Waals surface area contributed by atoms with Crippen LogP contribution in [0.15, 0.2) is 31.4 Å². The van der Waals surface area contributed by atoms with Crippen LogP contribution in [-0.4, -0.2) is 17.5 Å². The highest BCUT2D eigenvalue weighted by Gasteiger charge is 2.55. The van der Waals surface area contributed by atoms with Crippen LogP contribution in [0.25, 0.3) is 0 Å². The number of ether oxygens (including phenoxy) is 1. The van der Waals surface area contributed by atoms with Crippen molar-refractivity contribution in [1.29, 1.82) is 0 Å². The molecule has 1 spiro atoms. The van der Waals surface area contributed by atoms with Crippen LogP contribution < -0.4 is 4.74 Å². The van der Waals surface area contributed by atoms with E-state index in [1.165, 1.54) is 0 Å². The van der Waals surface area contributed by atoms with Crippen molar-refractivity contribution in [1.82, 2.24) is 0 Å². The van der Waals surface area contributed by atoms with Crippen molar-refractivity contribution in [3.05, 3.63) is 42.5 Å². The molecule has 120 valence electrons. The standard InChI is InChI=1S/C17H22O3.C2H4/c1-3-20-15-6-4-5-14-13(15)11-17(16(14,2)19)9-7-12(18)8-10-17;1-2/h4-6,19H,3,7-11H2,1-2H3;1-2H2. The number of rotatable bonds is 2. The van der Waals surface area contributed by atoms with Crippen LogP contribution in [0.4, 0.5) is 0 Å². The van der Waals surface area contributed by atoms with E-state index in [1.807, 2.05) is 32.0 Å². The molecule has 0 bridgehead atoms. The fourth-order valence-corrected chi connectivity index (χ4v) is 3.96. The van der Waals surface area contributed by atoms with Crippen molar-refractivity contribution in [2.24, 2.45) is 5.41 Å². The molecule has 2 aliphatic rings. The Morgan fingerprint density at radius 2 is 1.91 bits per heavy atom. The predicted molar refractivity (Wildman–Crippen MR) is 88.0 cm³/mol. The van der Waals surface area contributed by atoms with E-state index >= 15 is 0 Å². The number of carbonyl (C=O) groups excluding carboxylic acids is 1. The Kier molecular flexibility index (Phi) is 4.76. The smallest absolute Gasteiger partial charge is 0.132 e. The first kappa shape index (κ1) is 16.8. The lowest BCUT2D eigenvalue weighted by Crippen LogP contribution is -2.43. The highest BCUT2D eigenvalue weighted by Crippen LogP contribution is 2.58. The first-order valence-electron chi connectivity index (χ1n) is 7.99. The highest BCUT2D eigenvalue weighted by molar-refractivity contribution is 5.79. The number of carbonyl (C=O) groups is 1. The van der Waals surface area contributed by atoms with Gasteiger partial charge in [0.2, 0.25) is 0 Å². The lowest BCUT2D eigenvalue weighted by molar-refractivity contribution is -0.130. The zero-order valence-corrected chi connectivity index (χ0v) is 13.7. The van der Waals surface area contributed by atoms with Gasteiger partial charge in [-0.2, -0.15) is 0 Å². The molecule has 1 saturated carbocycles. The molecule has 0 heterocycles. The van der Waals surface area contributed by atoms with Crippen molar-refractivity contribution < 1.29 is 14.6 Å². The molecular weight excluding hydrogens is 276 g/mol. The van der Waals surface area contributed by atoms with Gasteiger partial charge in [0, 0.05) is 23.8 Å². The first-order chi connectivity index (χ1) is 10.5. The Bertz CT molecular complexity index is 550. The maximum Gasteiger partial charge on any atom is 0.132 e. The molecule has 1 N–H and O–H groups in total. The summed E-state index contributed by atoms with van der Waals surface area (Å²) in [7, 11) is 0. The molecule has 0 amide bonds. The Labute approximate surface area is 133 Å². The summed E-state index contributed by atoms with van der Waals surface area (Å²) in [6, 6.07) is 5.93. The van der Waals surface area contributed by atoms with Crippen LogP contribution in [0, 0.1) is 5.41 Å². The van der Waals surface area contributed by atoms with E-state index in [-0.39, 0.29) is 5.41 Å². The molecule has 3 heteroatoms. The normalized spacial score (nSPS) is 25.3. The van der Waals surface area contributed by atoms with Gasteiger partial charge < -0.3 is 9.84 Å². The van der Waals surface area contributed by atoms with Gasteiger partial charge in [-0.3, -0.25) is 4.79 Å². The summed E-state index contributed by atoms with van der Waals surface area (Å²) in [6.45, 7) is 10.5. The Balaban J connectivity index is 0.000000847. The summed E-state index contributed by atoms with van der Waals surface area (Å²) >= 11 is 0. The average Bonchev–Trinajstić information content (AvgIpc) is 2.74. The average molecular weight is 302 g/mol. The van der Waals surface area contributed by atoms with Crippen LogP contribution in [0.5, 0.6) is 5.75 Å². The molecule has 2 aliphatic carbocycles. The van der Waals surface area contributed by atoms with Gasteiger partial charge in [-0.05, 0) is 44.7 Å². The van der Waals surface area contributed by atoms with Crippen LogP contribution in [0.1, 0.15) is 50.7 Å². The molecule has 1 atom stereocenters. The molecule has 0 aliphatic heterocycles. The summed E-state index contributed by atoms with van der Waals surface area (Å²) < 4.78 is 5.72. The van der Waals surface area contributed by atoms with Gasteiger partial charge in [0.15, 0.2) is 0 Å². The van der Waals surface area contributed by atoms with Crippen molar-refractivity contribution >= 4 is 5.78 Å². The number of Topliss-reactive ketones (excluding diaryl/α,β-unsaturated/α-hetero) is 1. The Hall–Kier alpha value is -1.61. The van der Waals surface area contributed by atoms with Crippen LogP contribution in [0.3, 0.4) is 0 Å². The van der Waals surface area contributed by atoms with E-state index < -0.39 is 5.60 Å². The number of fused-ring (bicyclic) bond motifs is 1. The van der Waals surface area contributed by atoms with Gasteiger partial charge in [-0.15, -0.1) is 13.2 Å². The van der Waals surface area contributed by atoms with Gasteiger partial charge >= 0.3 is 0 Å². The molecule has 3 nitrogen and oxygen atoms in total. The minimum atomic E-state index is -0.865. The summed E-state index contributed by atoms with van der Waals surface area (Å²) in [5.74, 6) is 1.21. The van der Waals surface area contributed by atoms with E-state index in [0.717, 1.165) is 36.1 Å². The lowest BCUT2D eigenvalue weighted by Gasteiger charge is -2.43. The minimum Gasteiger partial charge on any atom is -0.494 e. The predicted octanol–water partition coefficient (Wildman–Crippen LogP) is 3.78. The molecule has 1 unspecified atom stereocenters. The summed E-state index contributed by atoms with van der Waals surface area (Å²) in [5, 5.41) is 11.1. The third kappa shape index (κ3) is 2.48.